The van der Waals surface area contributed by atoms with E-state index in [2.05, 4.69) is 20.9 Å². The van der Waals surface area contributed by atoms with E-state index >= 15 is 0 Å². The van der Waals surface area contributed by atoms with Crippen molar-refractivity contribution in [1.82, 2.24) is 20.9 Å². The van der Waals surface area contributed by atoms with Gasteiger partial charge in [0.2, 0.25) is 23.6 Å². The van der Waals surface area contributed by atoms with Gasteiger partial charge in [0, 0.05) is 23.7 Å². The van der Waals surface area contributed by atoms with Crippen LogP contribution in [0.4, 0.5) is 4.39 Å². The molecule has 3 amide bonds. The van der Waals surface area contributed by atoms with Gasteiger partial charge in [-0.25, -0.2) is 9.37 Å². The number of rotatable bonds is 15. The Morgan fingerprint density at radius 3 is 2.27 bits per heavy atom. The van der Waals surface area contributed by atoms with Crippen LogP contribution in [0.3, 0.4) is 0 Å². The fraction of sp³-hybridized carbons (Fsp3) is 0.500. The molecule has 0 radical (unpaired) electrons. The molecule has 52 heavy (non-hydrogen) atoms. The number of hydrogen-bond donors (Lipinski definition) is 5. The number of aliphatic hydroxyl groups excluding tert-OH is 2. The first-order valence-electron chi connectivity index (χ1n) is 17.8. The molecule has 7 atom stereocenters. The summed E-state index contributed by atoms with van der Waals surface area (Å²) in [6.45, 7) is 7.39. The second-order valence-corrected chi connectivity index (χ2v) is 15.2. The van der Waals surface area contributed by atoms with Crippen LogP contribution in [0, 0.1) is 23.1 Å². The van der Waals surface area contributed by atoms with Gasteiger partial charge in [0.1, 0.15) is 17.7 Å². The molecular formula is C40H52ClFN4O6. The maximum atomic E-state index is 14.9. The Balaban J connectivity index is 1.64. The molecule has 1 aromatic heterocycles. The molecule has 0 spiro atoms. The van der Waals surface area contributed by atoms with E-state index in [0.717, 1.165) is 29.5 Å². The highest BCUT2D eigenvalue weighted by Crippen LogP contribution is 2.28. The largest absolute Gasteiger partial charge is 0.481 e. The van der Waals surface area contributed by atoms with E-state index in [-0.39, 0.29) is 31.1 Å². The molecule has 3 aromatic rings. The average Bonchev–Trinajstić information content (AvgIpc) is 3.12. The quantitative estimate of drug-likeness (QED) is 0.138. The third-order valence-electron chi connectivity index (χ3n) is 9.85. The standard InChI is InChI=1S/C40H52ClFN4O6/c1-24-9-8-12-32(47)36(24)46-38(50)29(20-27-10-6-7-11-30(27)42)21-33(48)31(44-39(51)37(40(2,3)4)45-34(49)22-41)19-25-13-15-26(16-14-25)28-17-18-35(52-5)43-23-28/h6-7,10-11,13-18,23-24,29,31-33,36-37,47-48H,8-9,12,19-22H2,1-5H3,(H,44,51)(H,45,49)(H,46,50)/t24-,29-,31+,32-,33+,36+,37-/m1/s1. The third kappa shape index (κ3) is 11.2. The van der Waals surface area contributed by atoms with Crippen molar-refractivity contribution < 1.29 is 33.7 Å². The first kappa shape index (κ1) is 40.7. The summed E-state index contributed by atoms with van der Waals surface area (Å²) in [6.07, 6.45) is 2.04. The van der Waals surface area contributed by atoms with E-state index in [1.165, 1.54) is 6.07 Å². The Hall–Kier alpha value is -4.06. The lowest BCUT2D eigenvalue weighted by atomic mass is 9.82. The molecule has 282 valence electrons. The maximum Gasteiger partial charge on any atom is 0.243 e. The van der Waals surface area contributed by atoms with Crippen molar-refractivity contribution in [3.63, 3.8) is 0 Å². The molecule has 0 aliphatic heterocycles. The molecular weight excluding hydrogens is 687 g/mol. The van der Waals surface area contributed by atoms with E-state index in [4.69, 9.17) is 16.3 Å². The molecule has 4 rings (SSSR count). The summed E-state index contributed by atoms with van der Waals surface area (Å²) in [7, 11) is 1.55. The number of nitrogens with zero attached hydrogens (tertiary/aromatic N) is 1. The number of benzene rings is 2. The van der Waals surface area contributed by atoms with Crippen LogP contribution < -0.4 is 20.7 Å². The number of aromatic nitrogens is 1. The van der Waals surface area contributed by atoms with Crippen molar-refractivity contribution in [3.05, 3.63) is 83.8 Å². The van der Waals surface area contributed by atoms with Crippen LogP contribution in [0.25, 0.3) is 11.1 Å². The molecule has 0 bridgehead atoms. The zero-order chi connectivity index (χ0) is 38.0. The number of methoxy groups -OCH3 is 1. The van der Waals surface area contributed by atoms with E-state index in [1.54, 1.807) is 58.3 Å². The first-order chi connectivity index (χ1) is 24.7. The molecule has 1 aliphatic carbocycles. The number of nitrogens with one attached hydrogen (secondary N) is 3. The molecule has 10 nitrogen and oxygen atoms in total. The topological polar surface area (TPSA) is 150 Å². The Kier molecular flexibility index (Phi) is 14.6. The minimum Gasteiger partial charge on any atom is -0.481 e. The number of carbonyl (C=O) groups excluding carboxylic acids is 3. The Labute approximate surface area is 310 Å². The van der Waals surface area contributed by atoms with Crippen LogP contribution in [0.1, 0.15) is 64.5 Å². The molecule has 1 aliphatic rings. The Morgan fingerprint density at radius 2 is 1.67 bits per heavy atom. The van der Waals surface area contributed by atoms with Gasteiger partial charge in [0.05, 0.1) is 31.4 Å². The van der Waals surface area contributed by atoms with Gasteiger partial charge in [-0.2, -0.15) is 0 Å². The first-order valence-corrected chi connectivity index (χ1v) is 18.4. The van der Waals surface area contributed by atoms with Gasteiger partial charge in [-0.05, 0) is 72.3 Å². The van der Waals surface area contributed by atoms with Crippen LogP contribution in [-0.4, -0.2) is 76.2 Å². The van der Waals surface area contributed by atoms with Crippen molar-refractivity contribution in [2.24, 2.45) is 17.3 Å². The van der Waals surface area contributed by atoms with Crippen LogP contribution >= 0.6 is 11.6 Å². The van der Waals surface area contributed by atoms with Crippen molar-refractivity contribution in [3.8, 4) is 17.0 Å². The third-order valence-corrected chi connectivity index (χ3v) is 10.1. The average molecular weight is 739 g/mol. The van der Waals surface area contributed by atoms with E-state index in [1.807, 2.05) is 37.3 Å². The smallest absolute Gasteiger partial charge is 0.243 e. The summed E-state index contributed by atoms with van der Waals surface area (Å²) >= 11 is 5.76. The SMILES string of the molecule is COc1ccc(-c2ccc(C[C@H](NC(=O)[C@@H](NC(=O)CCl)C(C)(C)C)[C@@H](O)C[C@@H](Cc3ccccc3F)C(=O)N[C@H]3[C@H](C)CCC[C@H]3O)cc2)cn1. The number of amides is 3. The molecule has 0 saturated heterocycles. The van der Waals surface area contributed by atoms with Crippen LogP contribution in [0.15, 0.2) is 66.9 Å². The molecule has 12 heteroatoms. The number of ether oxygens (including phenoxy) is 1. The highest BCUT2D eigenvalue weighted by molar-refractivity contribution is 6.27. The minimum absolute atomic E-state index is 0.00554. The van der Waals surface area contributed by atoms with E-state index < -0.39 is 65.2 Å². The zero-order valence-corrected chi connectivity index (χ0v) is 31.3. The summed E-state index contributed by atoms with van der Waals surface area (Å²) in [4.78, 5) is 44.4. The molecule has 2 aromatic carbocycles. The van der Waals surface area contributed by atoms with Gasteiger partial charge < -0.3 is 30.9 Å². The van der Waals surface area contributed by atoms with Crippen LogP contribution in [-0.2, 0) is 27.2 Å². The monoisotopic (exact) mass is 738 g/mol. The lowest BCUT2D eigenvalue weighted by Gasteiger charge is -2.36. The van der Waals surface area contributed by atoms with Crippen molar-refractivity contribution in [1.29, 1.82) is 0 Å². The summed E-state index contributed by atoms with van der Waals surface area (Å²) in [5.41, 5.74) is 2.17. The Morgan fingerprint density at radius 1 is 0.981 bits per heavy atom. The normalized spacial score (nSPS) is 19.8. The summed E-state index contributed by atoms with van der Waals surface area (Å²) in [6, 6.07) is 15.1. The molecule has 1 saturated carbocycles. The fourth-order valence-corrected chi connectivity index (χ4v) is 6.84. The van der Waals surface area contributed by atoms with E-state index in [9.17, 15) is 29.0 Å². The number of pyridine rings is 1. The highest BCUT2D eigenvalue weighted by atomic mass is 35.5. The number of halogens is 2. The predicted octanol–water partition coefficient (Wildman–Crippen LogP) is 4.97. The maximum absolute atomic E-state index is 14.9. The predicted molar refractivity (Wildman–Crippen MR) is 199 cm³/mol. The van der Waals surface area contributed by atoms with Gasteiger partial charge in [-0.3, -0.25) is 14.4 Å². The minimum atomic E-state index is -1.27. The molecule has 5 N–H and O–H groups in total. The molecule has 0 unspecified atom stereocenters. The van der Waals surface area contributed by atoms with Crippen molar-refractivity contribution in [2.45, 2.75) is 96.6 Å². The highest BCUT2D eigenvalue weighted by Gasteiger charge is 2.37. The fourth-order valence-electron chi connectivity index (χ4n) is 6.76. The molecule has 1 fully saturated rings. The van der Waals surface area contributed by atoms with Gasteiger partial charge in [0.15, 0.2) is 0 Å². The van der Waals surface area contributed by atoms with Crippen molar-refractivity contribution >= 4 is 29.3 Å². The number of aliphatic hydroxyl groups is 2. The van der Waals surface area contributed by atoms with Gasteiger partial charge in [-0.15, -0.1) is 11.6 Å². The van der Waals surface area contributed by atoms with E-state index in [0.29, 0.717) is 17.9 Å². The summed E-state index contributed by atoms with van der Waals surface area (Å²) < 4.78 is 20.1. The number of alkyl halides is 1. The second-order valence-electron chi connectivity index (χ2n) is 14.9. The lowest BCUT2D eigenvalue weighted by molar-refractivity contribution is -0.132. The summed E-state index contributed by atoms with van der Waals surface area (Å²) in [5.74, 6) is -2.62. The lowest BCUT2D eigenvalue weighted by Crippen LogP contribution is -2.58. The van der Waals surface area contributed by atoms with Gasteiger partial charge in [-0.1, -0.05) is 76.6 Å². The summed E-state index contributed by atoms with van der Waals surface area (Å²) in [5, 5.41) is 31.3. The van der Waals surface area contributed by atoms with Gasteiger partial charge in [0.25, 0.3) is 0 Å². The number of hydrogen-bond acceptors (Lipinski definition) is 7. The van der Waals surface area contributed by atoms with Gasteiger partial charge >= 0.3 is 0 Å². The van der Waals surface area contributed by atoms with Crippen LogP contribution in [0.2, 0.25) is 0 Å². The zero-order valence-electron chi connectivity index (χ0n) is 30.6. The van der Waals surface area contributed by atoms with Crippen molar-refractivity contribution in [2.75, 3.05) is 13.0 Å². The number of carbonyl (C=O) groups is 3. The molecule has 1 heterocycles. The van der Waals surface area contributed by atoms with Crippen LogP contribution in [0.5, 0.6) is 5.88 Å². The Bertz CT molecular complexity index is 1620. The second kappa shape index (κ2) is 18.6.